The van der Waals surface area contributed by atoms with Crippen LogP contribution in [0.1, 0.15) is 25.1 Å². The molecule has 0 bridgehead atoms. The third-order valence-electron chi connectivity index (χ3n) is 3.33. The Morgan fingerprint density at radius 3 is 3.05 bits per heavy atom. The van der Waals surface area contributed by atoms with E-state index >= 15 is 0 Å². The van der Waals surface area contributed by atoms with E-state index in [9.17, 15) is 9.59 Å². The van der Waals surface area contributed by atoms with Crippen molar-refractivity contribution in [3.05, 3.63) is 32.6 Å². The van der Waals surface area contributed by atoms with Crippen LogP contribution in [-0.4, -0.2) is 22.3 Å². The zero-order valence-corrected chi connectivity index (χ0v) is 13.8. The quantitative estimate of drug-likeness (QED) is 0.861. The van der Waals surface area contributed by atoms with Crippen LogP contribution in [0.5, 0.6) is 0 Å². The van der Waals surface area contributed by atoms with Gasteiger partial charge >= 0.3 is 120 Å². The van der Waals surface area contributed by atoms with Gasteiger partial charge in [-0.2, -0.15) is 0 Å². The van der Waals surface area contributed by atoms with E-state index in [1.54, 1.807) is 13.1 Å². The summed E-state index contributed by atoms with van der Waals surface area (Å²) >= 11 is 0. The van der Waals surface area contributed by atoms with Crippen molar-refractivity contribution < 1.29 is 9.26 Å². The molecule has 0 aromatic carbocycles. The zero-order valence-electron chi connectivity index (χ0n) is 11.1. The Morgan fingerprint density at radius 2 is 2.35 bits per heavy atom. The number of aromatic amines is 1. The van der Waals surface area contributed by atoms with Crippen LogP contribution < -0.4 is 11.2 Å². The molecule has 0 amide bonds. The Kier molecular flexibility index (Phi) is 5.77. The first-order chi connectivity index (χ1) is 9.52. The second-order valence-electron chi connectivity index (χ2n) is 4.79. The molecule has 1 aromatic rings. The molecule has 1 aliphatic heterocycles. The standard InChI is InChI=1S/C11H15N2O4P3/c1-6-3-9(17-8(6)5-16-19-20-18)13-4-7(2)10(14)12-11(13)15/h4,6,8-9H,3,5H2,1-2H3,(H,12,14,15)/t6?,8-,9-/m1/s1. The number of nitrogens with zero attached hydrogens (tertiary/aromatic N) is 1. The maximum atomic E-state index is 11.8. The van der Waals surface area contributed by atoms with Gasteiger partial charge in [0.05, 0.1) is 0 Å². The molecule has 9 heteroatoms. The molecule has 1 fully saturated rings. The molecule has 1 aliphatic rings. The second kappa shape index (κ2) is 7.15. The van der Waals surface area contributed by atoms with Gasteiger partial charge in [0.2, 0.25) is 0 Å². The number of aryl methyl sites for hydroxylation is 1. The topological polar surface area (TPSA) is 73.3 Å². The molecule has 0 spiro atoms. The van der Waals surface area contributed by atoms with Crippen LogP contribution in [0.2, 0.25) is 0 Å². The summed E-state index contributed by atoms with van der Waals surface area (Å²) < 4.78 is 12.7. The van der Waals surface area contributed by atoms with E-state index in [0.29, 0.717) is 12.2 Å². The summed E-state index contributed by atoms with van der Waals surface area (Å²) in [6.07, 6.45) is 1.86. The summed E-state index contributed by atoms with van der Waals surface area (Å²) in [6, 6.07) is 0. The van der Waals surface area contributed by atoms with Gasteiger partial charge in [-0.05, 0) is 0 Å². The van der Waals surface area contributed by atoms with Crippen LogP contribution in [0, 0.1) is 12.8 Å². The third kappa shape index (κ3) is 3.69. The summed E-state index contributed by atoms with van der Waals surface area (Å²) in [7, 11) is 4.83. The van der Waals surface area contributed by atoms with Gasteiger partial charge in [-0.1, -0.05) is 0 Å². The molecule has 2 rings (SSSR count). The Hall–Kier alpha value is -0.240. The monoisotopic (exact) mass is 332 g/mol. The Balaban J connectivity index is 2.16. The fraction of sp³-hybridized carbons (Fsp3) is 0.636. The zero-order chi connectivity index (χ0) is 14.7. The second-order valence-corrected chi connectivity index (χ2v) is 8.02. The van der Waals surface area contributed by atoms with Gasteiger partial charge in [-0.3, -0.25) is 0 Å². The normalized spacial score (nSPS) is 25.9. The molecule has 1 aromatic heterocycles. The van der Waals surface area contributed by atoms with E-state index in [2.05, 4.69) is 20.2 Å². The molecule has 0 radical (unpaired) electrons. The average Bonchev–Trinajstić information content (AvgIpc) is 2.76. The van der Waals surface area contributed by atoms with E-state index in [4.69, 9.17) is 9.26 Å². The number of nitrogens with one attached hydrogen (secondary N) is 1. The first-order valence-electron chi connectivity index (χ1n) is 6.17. The predicted molar refractivity (Wildman–Crippen MR) is 80.5 cm³/mol. The van der Waals surface area contributed by atoms with E-state index in [0.717, 1.165) is 21.5 Å². The SMILES string of the molecule is Cc1cn([C@H]2CC(C)[C@@H](COP=P#P)O2)c(=O)[nH]c1=O. The molecule has 1 unspecified atom stereocenters. The summed E-state index contributed by atoms with van der Waals surface area (Å²) in [4.78, 5) is 25.5. The fourth-order valence-corrected chi connectivity index (χ4v) is 3.26. The van der Waals surface area contributed by atoms with Gasteiger partial charge in [0.1, 0.15) is 0 Å². The molecule has 0 aliphatic carbocycles. The summed E-state index contributed by atoms with van der Waals surface area (Å²) in [5.74, 6) is 0.283. The maximum absolute atomic E-state index is 11.8. The van der Waals surface area contributed by atoms with Crippen molar-refractivity contribution in [3.8, 4) is 0 Å². The minimum atomic E-state index is -0.439. The van der Waals surface area contributed by atoms with Crippen LogP contribution in [0.3, 0.4) is 0 Å². The van der Waals surface area contributed by atoms with Gasteiger partial charge in [0, 0.05) is 0 Å². The number of hydrogen-bond acceptors (Lipinski definition) is 4. The summed E-state index contributed by atoms with van der Waals surface area (Å²) in [5, 5.41) is 0. The van der Waals surface area contributed by atoms with Crippen molar-refractivity contribution in [2.45, 2.75) is 32.6 Å². The van der Waals surface area contributed by atoms with Crippen molar-refractivity contribution in [1.29, 1.82) is 0 Å². The molecular weight excluding hydrogens is 317 g/mol. The van der Waals surface area contributed by atoms with Crippen molar-refractivity contribution >= 4 is 23.4 Å². The molecule has 2 heterocycles. The average molecular weight is 332 g/mol. The van der Waals surface area contributed by atoms with Gasteiger partial charge in [-0.25, -0.2) is 0 Å². The number of hydrogen-bond donors (Lipinski definition) is 1. The van der Waals surface area contributed by atoms with Crippen LogP contribution in [0.25, 0.3) is 0 Å². The van der Waals surface area contributed by atoms with Crippen molar-refractivity contribution in [2.24, 2.45) is 5.92 Å². The molecular formula is C11H15N2O4P3. The van der Waals surface area contributed by atoms with Crippen molar-refractivity contribution in [2.75, 3.05) is 6.61 Å². The molecule has 108 valence electrons. The summed E-state index contributed by atoms with van der Waals surface area (Å²) in [5.41, 5.74) is -0.303. The van der Waals surface area contributed by atoms with E-state index in [-0.39, 0.29) is 23.8 Å². The predicted octanol–water partition coefficient (Wildman–Crippen LogP) is 2.83. The number of H-pyrrole nitrogens is 1. The van der Waals surface area contributed by atoms with Gasteiger partial charge in [0.25, 0.3) is 0 Å². The number of aromatic nitrogens is 2. The van der Waals surface area contributed by atoms with Crippen molar-refractivity contribution in [3.63, 3.8) is 0 Å². The van der Waals surface area contributed by atoms with Crippen molar-refractivity contribution in [1.82, 2.24) is 9.55 Å². The first-order valence-corrected chi connectivity index (χ1v) is 9.73. The molecule has 1 N–H and O–H groups in total. The molecule has 6 nitrogen and oxygen atoms in total. The van der Waals surface area contributed by atoms with E-state index in [1.165, 1.54) is 4.57 Å². The molecule has 20 heavy (non-hydrogen) atoms. The van der Waals surface area contributed by atoms with Gasteiger partial charge < -0.3 is 0 Å². The number of rotatable bonds is 4. The molecule has 0 saturated carbocycles. The van der Waals surface area contributed by atoms with Crippen LogP contribution in [0.4, 0.5) is 0 Å². The minimum absolute atomic E-state index is 0.0540. The van der Waals surface area contributed by atoms with Gasteiger partial charge in [0.15, 0.2) is 0 Å². The van der Waals surface area contributed by atoms with Crippen LogP contribution in [-0.2, 0) is 9.26 Å². The molecule has 1 saturated heterocycles. The fourth-order valence-electron chi connectivity index (χ4n) is 2.18. The number of ether oxygens (including phenoxy) is 1. The van der Waals surface area contributed by atoms with E-state index in [1.807, 2.05) is 0 Å². The first kappa shape index (κ1) is 16.1. The summed E-state index contributed by atoms with van der Waals surface area (Å²) in [6.45, 7) is 5.06. The third-order valence-corrected chi connectivity index (χ3v) is 4.89. The Labute approximate surface area is 120 Å². The molecule has 3 atom stereocenters. The Morgan fingerprint density at radius 1 is 1.60 bits per heavy atom. The van der Waals surface area contributed by atoms with Crippen LogP contribution in [0.15, 0.2) is 15.8 Å². The van der Waals surface area contributed by atoms with E-state index < -0.39 is 5.69 Å². The van der Waals surface area contributed by atoms with Crippen LogP contribution >= 0.6 is 23.4 Å². The van der Waals surface area contributed by atoms with Gasteiger partial charge in [-0.15, -0.1) is 0 Å². The Bertz CT molecular complexity index is 696.